The lowest BCUT2D eigenvalue weighted by molar-refractivity contribution is 0.170. The molecular formula is C15H22N2O3. The van der Waals surface area contributed by atoms with Crippen LogP contribution in [0.3, 0.4) is 0 Å². The number of amides is 2. The number of carbonyl (C=O) groups is 1. The van der Waals surface area contributed by atoms with Crippen molar-refractivity contribution < 1.29 is 14.3 Å². The number of ether oxygens (including phenoxy) is 2. The van der Waals surface area contributed by atoms with Crippen LogP contribution in [0.4, 0.5) is 4.79 Å². The molecule has 110 valence electrons. The SMILES string of the molecule is COC[C@H](C)NC(=O)N[C@@H]1CCCOc2ccccc21. The second-order valence-electron chi connectivity index (χ2n) is 5.06. The van der Waals surface area contributed by atoms with E-state index in [0.717, 1.165) is 24.2 Å². The Morgan fingerprint density at radius 1 is 1.50 bits per heavy atom. The lowest BCUT2D eigenvalue weighted by atomic mass is 10.0. The third kappa shape index (κ3) is 3.87. The number of carbonyl (C=O) groups excluding carboxylic acids is 1. The maximum Gasteiger partial charge on any atom is 0.315 e. The van der Waals surface area contributed by atoms with E-state index in [1.54, 1.807) is 7.11 Å². The molecule has 0 saturated heterocycles. The summed E-state index contributed by atoms with van der Waals surface area (Å²) in [6.45, 7) is 3.10. The summed E-state index contributed by atoms with van der Waals surface area (Å²) in [6.07, 6.45) is 1.80. The lowest BCUT2D eigenvalue weighted by Crippen LogP contribution is -2.43. The van der Waals surface area contributed by atoms with Crippen LogP contribution in [-0.2, 0) is 4.74 Å². The molecule has 5 heteroatoms. The summed E-state index contributed by atoms with van der Waals surface area (Å²) in [7, 11) is 1.62. The number of urea groups is 1. The molecule has 2 atom stereocenters. The van der Waals surface area contributed by atoms with Gasteiger partial charge >= 0.3 is 6.03 Å². The van der Waals surface area contributed by atoms with Crippen LogP contribution in [0.2, 0.25) is 0 Å². The topological polar surface area (TPSA) is 59.6 Å². The van der Waals surface area contributed by atoms with Crippen molar-refractivity contribution in [3.63, 3.8) is 0 Å². The highest BCUT2D eigenvalue weighted by Gasteiger charge is 2.21. The first-order valence-corrected chi connectivity index (χ1v) is 6.98. The first-order valence-electron chi connectivity index (χ1n) is 6.98. The summed E-state index contributed by atoms with van der Waals surface area (Å²) >= 11 is 0. The first-order chi connectivity index (χ1) is 9.70. The number of hydrogen-bond acceptors (Lipinski definition) is 3. The van der Waals surface area contributed by atoms with Gasteiger partial charge in [0, 0.05) is 12.7 Å². The standard InChI is InChI=1S/C15H22N2O3/c1-11(10-19-2)16-15(18)17-13-7-5-9-20-14-8-4-3-6-12(13)14/h3-4,6,8,11,13H,5,7,9-10H2,1-2H3,(H2,16,17,18)/t11-,13+/m0/s1. The minimum atomic E-state index is -0.170. The van der Waals surface area contributed by atoms with Crippen molar-refractivity contribution in [2.45, 2.75) is 31.8 Å². The molecule has 0 aliphatic carbocycles. The zero-order chi connectivity index (χ0) is 14.4. The highest BCUT2D eigenvalue weighted by molar-refractivity contribution is 5.75. The largest absolute Gasteiger partial charge is 0.493 e. The highest BCUT2D eigenvalue weighted by atomic mass is 16.5. The molecule has 0 bridgehead atoms. The normalized spacial score (nSPS) is 19.2. The van der Waals surface area contributed by atoms with Gasteiger partial charge in [0.05, 0.1) is 25.3 Å². The van der Waals surface area contributed by atoms with E-state index < -0.39 is 0 Å². The minimum Gasteiger partial charge on any atom is -0.493 e. The molecule has 1 aromatic carbocycles. The van der Waals surface area contributed by atoms with Crippen molar-refractivity contribution in [3.8, 4) is 5.75 Å². The zero-order valence-corrected chi connectivity index (χ0v) is 12.0. The lowest BCUT2D eigenvalue weighted by Gasteiger charge is -2.20. The quantitative estimate of drug-likeness (QED) is 0.888. The predicted octanol–water partition coefficient (Wildman–Crippen LogP) is 2.23. The van der Waals surface area contributed by atoms with Gasteiger partial charge in [-0.25, -0.2) is 4.79 Å². The molecule has 0 saturated carbocycles. The maximum absolute atomic E-state index is 12.0. The third-order valence-corrected chi connectivity index (χ3v) is 3.29. The van der Waals surface area contributed by atoms with E-state index in [1.807, 2.05) is 31.2 Å². The Morgan fingerprint density at radius 2 is 2.30 bits per heavy atom. The number of fused-ring (bicyclic) bond motifs is 1. The van der Waals surface area contributed by atoms with Gasteiger partial charge < -0.3 is 20.1 Å². The molecule has 1 aliphatic heterocycles. The van der Waals surface area contributed by atoms with Gasteiger partial charge in [0.1, 0.15) is 5.75 Å². The summed E-state index contributed by atoms with van der Waals surface area (Å²) in [6, 6.07) is 7.66. The van der Waals surface area contributed by atoms with Gasteiger partial charge in [-0.2, -0.15) is 0 Å². The molecule has 0 radical (unpaired) electrons. The van der Waals surface area contributed by atoms with E-state index >= 15 is 0 Å². The van der Waals surface area contributed by atoms with E-state index in [2.05, 4.69) is 10.6 Å². The fourth-order valence-corrected chi connectivity index (χ4v) is 2.39. The van der Waals surface area contributed by atoms with E-state index in [1.165, 1.54) is 0 Å². The molecule has 2 amide bonds. The molecule has 0 unspecified atom stereocenters. The third-order valence-electron chi connectivity index (χ3n) is 3.29. The van der Waals surface area contributed by atoms with Crippen molar-refractivity contribution in [2.75, 3.05) is 20.3 Å². The van der Waals surface area contributed by atoms with Crippen molar-refractivity contribution in [3.05, 3.63) is 29.8 Å². The van der Waals surface area contributed by atoms with Gasteiger partial charge in [0.15, 0.2) is 0 Å². The predicted molar refractivity (Wildman–Crippen MR) is 76.9 cm³/mol. The molecule has 1 heterocycles. The molecule has 2 N–H and O–H groups in total. The van der Waals surface area contributed by atoms with Crippen LogP contribution in [0.1, 0.15) is 31.4 Å². The molecule has 1 aromatic rings. The Hall–Kier alpha value is -1.75. The first kappa shape index (κ1) is 14.7. The summed E-state index contributed by atoms with van der Waals surface area (Å²) in [4.78, 5) is 12.0. The monoisotopic (exact) mass is 278 g/mol. The van der Waals surface area contributed by atoms with Crippen molar-refractivity contribution in [1.29, 1.82) is 0 Å². The van der Waals surface area contributed by atoms with Crippen molar-refractivity contribution in [2.24, 2.45) is 0 Å². The Labute approximate surface area is 119 Å². The zero-order valence-electron chi connectivity index (χ0n) is 12.0. The molecule has 1 aliphatic rings. The number of para-hydroxylation sites is 1. The Bertz CT molecular complexity index is 450. The highest BCUT2D eigenvalue weighted by Crippen LogP contribution is 2.30. The van der Waals surface area contributed by atoms with Gasteiger partial charge in [-0.3, -0.25) is 0 Å². The summed E-state index contributed by atoms with van der Waals surface area (Å²) in [5, 5.41) is 5.88. The van der Waals surface area contributed by atoms with Gasteiger partial charge in [-0.1, -0.05) is 18.2 Å². The number of benzene rings is 1. The van der Waals surface area contributed by atoms with Gasteiger partial charge in [-0.05, 0) is 25.8 Å². The second-order valence-corrected chi connectivity index (χ2v) is 5.06. The average molecular weight is 278 g/mol. The van der Waals surface area contributed by atoms with Gasteiger partial charge in [0.2, 0.25) is 0 Å². The summed E-state index contributed by atoms with van der Waals surface area (Å²) < 4.78 is 10.7. The Balaban J connectivity index is 2.00. The van der Waals surface area contributed by atoms with Crippen LogP contribution in [-0.4, -0.2) is 32.4 Å². The minimum absolute atomic E-state index is 0.0107. The molecule has 5 nitrogen and oxygen atoms in total. The Morgan fingerprint density at radius 3 is 3.10 bits per heavy atom. The summed E-state index contributed by atoms with van der Waals surface area (Å²) in [5.74, 6) is 0.861. The number of nitrogens with one attached hydrogen (secondary N) is 2. The molecule has 20 heavy (non-hydrogen) atoms. The van der Waals surface area contributed by atoms with Crippen LogP contribution >= 0.6 is 0 Å². The number of hydrogen-bond donors (Lipinski definition) is 2. The Kier molecular flexibility index (Phi) is 5.24. The summed E-state index contributed by atoms with van der Waals surface area (Å²) in [5.41, 5.74) is 1.04. The molecular weight excluding hydrogens is 256 g/mol. The van der Waals surface area contributed by atoms with Crippen LogP contribution in [0.15, 0.2) is 24.3 Å². The van der Waals surface area contributed by atoms with Gasteiger partial charge in [-0.15, -0.1) is 0 Å². The van der Waals surface area contributed by atoms with Crippen LogP contribution in [0.5, 0.6) is 5.75 Å². The molecule has 0 fully saturated rings. The van der Waals surface area contributed by atoms with E-state index in [4.69, 9.17) is 9.47 Å². The van der Waals surface area contributed by atoms with E-state index in [-0.39, 0.29) is 18.1 Å². The van der Waals surface area contributed by atoms with Gasteiger partial charge in [0.25, 0.3) is 0 Å². The fourth-order valence-electron chi connectivity index (χ4n) is 2.39. The fraction of sp³-hybridized carbons (Fsp3) is 0.533. The van der Waals surface area contributed by atoms with Crippen LogP contribution in [0, 0.1) is 0 Å². The van der Waals surface area contributed by atoms with E-state index in [0.29, 0.717) is 13.2 Å². The van der Waals surface area contributed by atoms with Crippen molar-refractivity contribution >= 4 is 6.03 Å². The molecule has 0 spiro atoms. The number of methoxy groups -OCH3 is 1. The smallest absolute Gasteiger partial charge is 0.315 e. The number of rotatable bonds is 4. The molecule has 0 aromatic heterocycles. The average Bonchev–Trinajstić information content (AvgIpc) is 2.62. The maximum atomic E-state index is 12.0. The van der Waals surface area contributed by atoms with Crippen molar-refractivity contribution in [1.82, 2.24) is 10.6 Å². The second kappa shape index (κ2) is 7.14. The van der Waals surface area contributed by atoms with Crippen LogP contribution < -0.4 is 15.4 Å². The molecule has 2 rings (SSSR count). The van der Waals surface area contributed by atoms with E-state index in [9.17, 15) is 4.79 Å². The van der Waals surface area contributed by atoms with Crippen LogP contribution in [0.25, 0.3) is 0 Å².